The van der Waals surface area contributed by atoms with Crippen LogP contribution in [-0.2, 0) is 14.3 Å². The van der Waals surface area contributed by atoms with E-state index in [-0.39, 0.29) is 30.9 Å². The molecule has 0 aliphatic heterocycles. The third-order valence-corrected chi connectivity index (χ3v) is 3.86. The number of thiophene rings is 1. The highest BCUT2D eigenvalue weighted by atomic mass is 32.1. The fraction of sp³-hybridized carbons (Fsp3) is 0.250. The summed E-state index contributed by atoms with van der Waals surface area (Å²) >= 11 is 1.57. The summed E-state index contributed by atoms with van der Waals surface area (Å²) in [7, 11) is 0. The molecule has 0 aliphatic rings. The maximum absolute atomic E-state index is 12.0. The predicted molar refractivity (Wildman–Crippen MR) is 82.0 cm³/mol. The van der Waals surface area contributed by atoms with Crippen molar-refractivity contribution in [2.45, 2.75) is 19.4 Å². The first kappa shape index (κ1) is 15.3. The summed E-state index contributed by atoms with van der Waals surface area (Å²) < 4.78 is 4.86. The van der Waals surface area contributed by atoms with Crippen molar-refractivity contribution in [2.24, 2.45) is 0 Å². The van der Waals surface area contributed by atoms with Gasteiger partial charge in [-0.25, -0.2) is 0 Å². The van der Waals surface area contributed by atoms with Crippen LogP contribution in [0.1, 0.15) is 29.8 Å². The highest BCUT2D eigenvalue weighted by molar-refractivity contribution is 7.10. The van der Waals surface area contributed by atoms with Gasteiger partial charge in [-0.1, -0.05) is 43.3 Å². The Balaban J connectivity index is 2.07. The van der Waals surface area contributed by atoms with E-state index in [2.05, 4.69) is 5.32 Å². The standard InChI is InChI=1S/C16H17NO3S/c1-2-15(19)20-11-14(18)17-16(13-9-6-10-21-13)12-7-4-3-5-8-12/h3-10,16H,2,11H2,1H3,(H,17,18)/t16-/m1/s1. The molecule has 1 aromatic carbocycles. The topological polar surface area (TPSA) is 55.4 Å². The lowest BCUT2D eigenvalue weighted by molar-refractivity contribution is -0.148. The van der Waals surface area contributed by atoms with Crippen molar-refractivity contribution in [3.05, 3.63) is 58.3 Å². The van der Waals surface area contributed by atoms with E-state index >= 15 is 0 Å². The molecule has 1 N–H and O–H groups in total. The van der Waals surface area contributed by atoms with E-state index in [1.54, 1.807) is 18.3 Å². The van der Waals surface area contributed by atoms with Crippen molar-refractivity contribution in [1.82, 2.24) is 5.32 Å². The van der Waals surface area contributed by atoms with Gasteiger partial charge in [0.25, 0.3) is 5.91 Å². The minimum Gasteiger partial charge on any atom is -0.456 e. The van der Waals surface area contributed by atoms with Crippen LogP contribution < -0.4 is 5.32 Å². The molecule has 110 valence electrons. The quantitative estimate of drug-likeness (QED) is 0.835. The Hall–Kier alpha value is -2.14. The Labute approximate surface area is 127 Å². The van der Waals surface area contributed by atoms with E-state index in [9.17, 15) is 9.59 Å². The molecule has 4 nitrogen and oxygen atoms in total. The first-order valence-corrected chi connectivity index (χ1v) is 7.62. The summed E-state index contributed by atoms with van der Waals surface area (Å²) in [4.78, 5) is 24.1. The monoisotopic (exact) mass is 303 g/mol. The average molecular weight is 303 g/mol. The SMILES string of the molecule is CCC(=O)OCC(=O)N[C@H](c1ccccc1)c1cccs1. The molecule has 0 radical (unpaired) electrons. The second-order valence-electron chi connectivity index (χ2n) is 4.44. The van der Waals surface area contributed by atoms with Crippen LogP contribution in [0.3, 0.4) is 0 Å². The average Bonchev–Trinajstić information content (AvgIpc) is 3.05. The Bertz CT molecular complexity index is 581. The van der Waals surface area contributed by atoms with Gasteiger partial charge in [0, 0.05) is 11.3 Å². The summed E-state index contributed by atoms with van der Waals surface area (Å²) in [5.41, 5.74) is 0.995. The van der Waals surface area contributed by atoms with Crippen LogP contribution in [0, 0.1) is 0 Å². The second kappa shape index (κ2) is 7.59. The molecule has 0 aliphatic carbocycles. The molecule has 0 fully saturated rings. The van der Waals surface area contributed by atoms with Gasteiger partial charge < -0.3 is 10.1 Å². The number of hydrogen-bond donors (Lipinski definition) is 1. The summed E-state index contributed by atoms with van der Waals surface area (Å²) in [5, 5.41) is 4.88. The van der Waals surface area contributed by atoms with E-state index in [0.29, 0.717) is 0 Å². The fourth-order valence-electron chi connectivity index (χ4n) is 1.87. The molecule has 2 aromatic rings. The molecule has 0 bridgehead atoms. The molecule has 21 heavy (non-hydrogen) atoms. The van der Waals surface area contributed by atoms with Crippen molar-refractivity contribution in [1.29, 1.82) is 0 Å². The first-order chi connectivity index (χ1) is 10.2. The Morgan fingerprint density at radius 3 is 2.57 bits per heavy atom. The molecule has 0 saturated heterocycles. The number of esters is 1. The van der Waals surface area contributed by atoms with E-state index < -0.39 is 0 Å². The highest BCUT2D eigenvalue weighted by Gasteiger charge is 2.18. The number of hydrogen-bond acceptors (Lipinski definition) is 4. The Morgan fingerprint density at radius 2 is 1.95 bits per heavy atom. The van der Waals surface area contributed by atoms with Crippen molar-refractivity contribution in [2.75, 3.05) is 6.61 Å². The zero-order valence-electron chi connectivity index (χ0n) is 11.7. The maximum Gasteiger partial charge on any atom is 0.306 e. The number of ether oxygens (including phenoxy) is 1. The van der Waals surface area contributed by atoms with Crippen LogP contribution in [0.4, 0.5) is 0 Å². The fourth-order valence-corrected chi connectivity index (χ4v) is 2.67. The van der Waals surface area contributed by atoms with Gasteiger partial charge in [0.2, 0.25) is 0 Å². The van der Waals surface area contributed by atoms with Gasteiger partial charge in [0.05, 0.1) is 6.04 Å². The van der Waals surface area contributed by atoms with Crippen molar-refractivity contribution in [3.8, 4) is 0 Å². The highest BCUT2D eigenvalue weighted by Crippen LogP contribution is 2.25. The molecule has 1 aromatic heterocycles. The normalized spacial score (nSPS) is 11.7. The zero-order chi connectivity index (χ0) is 15.1. The zero-order valence-corrected chi connectivity index (χ0v) is 12.6. The van der Waals surface area contributed by atoms with Crippen LogP contribution in [0.25, 0.3) is 0 Å². The molecule has 2 rings (SSSR count). The van der Waals surface area contributed by atoms with Gasteiger partial charge in [0.15, 0.2) is 6.61 Å². The van der Waals surface area contributed by atoms with E-state index in [4.69, 9.17) is 4.74 Å². The number of carbonyl (C=O) groups is 2. The van der Waals surface area contributed by atoms with Gasteiger partial charge in [-0.05, 0) is 17.0 Å². The van der Waals surface area contributed by atoms with E-state index in [1.807, 2.05) is 47.8 Å². The van der Waals surface area contributed by atoms with Crippen LogP contribution in [0.5, 0.6) is 0 Å². The molecule has 0 saturated carbocycles. The maximum atomic E-state index is 12.0. The Kier molecular flexibility index (Phi) is 5.51. The smallest absolute Gasteiger partial charge is 0.306 e. The predicted octanol–water partition coefficient (Wildman–Crippen LogP) is 2.91. The third-order valence-electron chi connectivity index (χ3n) is 2.92. The number of nitrogens with one attached hydrogen (secondary N) is 1. The van der Waals surface area contributed by atoms with Crippen molar-refractivity contribution >= 4 is 23.2 Å². The van der Waals surface area contributed by atoms with Crippen LogP contribution >= 0.6 is 11.3 Å². The molecule has 1 atom stereocenters. The molecule has 1 amide bonds. The van der Waals surface area contributed by atoms with Crippen molar-refractivity contribution in [3.63, 3.8) is 0 Å². The minimum absolute atomic E-state index is 0.223. The molecular formula is C16H17NO3S. The van der Waals surface area contributed by atoms with E-state index in [1.165, 1.54) is 0 Å². The molecular weight excluding hydrogens is 286 g/mol. The number of carbonyl (C=O) groups excluding carboxylic acids is 2. The summed E-state index contributed by atoms with van der Waals surface area (Å²) in [6.45, 7) is 1.44. The summed E-state index contributed by atoms with van der Waals surface area (Å²) in [5.74, 6) is -0.684. The summed E-state index contributed by atoms with van der Waals surface area (Å²) in [6.07, 6.45) is 0.264. The van der Waals surface area contributed by atoms with Gasteiger partial charge in [0.1, 0.15) is 0 Å². The van der Waals surface area contributed by atoms with Gasteiger partial charge in [-0.15, -0.1) is 11.3 Å². The second-order valence-corrected chi connectivity index (χ2v) is 5.42. The van der Waals surface area contributed by atoms with E-state index in [0.717, 1.165) is 10.4 Å². The lowest BCUT2D eigenvalue weighted by Crippen LogP contribution is -2.32. The minimum atomic E-state index is -0.377. The molecule has 0 spiro atoms. The Morgan fingerprint density at radius 1 is 1.19 bits per heavy atom. The lowest BCUT2D eigenvalue weighted by Gasteiger charge is -2.18. The number of rotatable bonds is 6. The van der Waals surface area contributed by atoms with Gasteiger partial charge in [-0.3, -0.25) is 9.59 Å². The largest absolute Gasteiger partial charge is 0.456 e. The number of amides is 1. The lowest BCUT2D eigenvalue weighted by atomic mass is 10.1. The van der Waals surface area contributed by atoms with Crippen LogP contribution in [-0.4, -0.2) is 18.5 Å². The number of benzene rings is 1. The molecule has 5 heteroatoms. The summed E-state index contributed by atoms with van der Waals surface area (Å²) in [6, 6.07) is 13.4. The third kappa shape index (κ3) is 4.43. The first-order valence-electron chi connectivity index (χ1n) is 6.74. The van der Waals surface area contributed by atoms with Gasteiger partial charge in [-0.2, -0.15) is 0 Å². The molecule has 1 heterocycles. The van der Waals surface area contributed by atoms with Gasteiger partial charge >= 0.3 is 5.97 Å². The van der Waals surface area contributed by atoms with Crippen LogP contribution in [0.15, 0.2) is 47.8 Å². The van der Waals surface area contributed by atoms with Crippen LogP contribution in [0.2, 0.25) is 0 Å². The van der Waals surface area contributed by atoms with Crippen molar-refractivity contribution < 1.29 is 14.3 Å². The molecule has 0 unspecified atom stereocenters.